The summed E-state index contributed by atoms with van der Waals surface area (Å²) < 4.78 is 0. The molecule has 0 saturated carbocycles. The van der Waals surface area contributed by atoms with E-state index in [1.54, 1.807) is 0 Å². The SMILES string of the molecule is CC(C)c1c(C(C)(C)c2[cH-]c3ccccc3c2C(C)C)[cH-]c2ccccc12.[Cl-].[Cl-].[Zr+4]. The van der Waals surface area contributed by atoms with E-state index < -0.39 is 0 Å². The maximum Gasteiger partial charge on any atom is 4.00 e. The Balaban J connectivity index is 0.00000150. The number of rotatable bonds is 4. The molecule has 0 amide bonds. The Hall–Kier alpha value is -0.877. The number of benzene rings is 2. The van der Waals surface area contributed by atoms with Gasteiger partial charge in [0, 0.05) is 0 Å². The van der Waals surface area contributed by atoms with E-state index in [0.29, 0.717) is 11.8 Å². The fourth-order valence-electron chi connectivity index (χ4n) is 4.92. The van der Waals surface area contributed by atoms with E-state index in [-0.39, 0.29) is 56.4 Å². The first-order chi connectivity index (χ1) is 12.8. The quantitative estimate of drug-likeness (QED) is 0.364. The monoisotopic (exact) mass is 514 g/mol. The molecule has 4 rings (SSSR count). The van der Waals surface area contributed by atoms with Crippen molar-refractivity contribution in [3.05, 3.63) is 82.9 Å². The summed E-state index contributed by atoms with van der Waals surface area (Å²) in [6.07, 6.45) is 0. The Bertz CT molecular complexity index is 1020. The molecule has 0 heterocycles. The van der Waals surface area contributed by atoms with Crippen LogP contribution in [-0.4, -0.2) is 0 Å². The van der Waals surface area contributed by atoms with Gasteiger partial charge in [0.25, 0.3) is 0 Å². The van der Waals surface area contributed by atoms with Gasteiger partial charge < -0.3 is 24.8 Å². The molecule has 30 heavy (non-hydrogen) atoms. The molecule has 0 unspecified atom stereocenters. The van der Waals surface area contributed by atoms with E-state index >= 15 is 0 Å². The molecule has 0 nitrogen and oxygen atoms in total. The van der Waals surface area contributed by atoms with E-state index in [2.05, 4.69) is 102 Å². The molecule has 0 aromatic heterocycles. The standard InChI is InChI=1S/C27H30.2ClH.Zr/c1-17(2)25-21-13-9-7-11-19(21)15-23(25)27(5,6)24-16-20-12-8-10-14-22(20)26(24)18(3)4;;;/h7-18H,1-6H3;2*1H;/q-2;;;+4/p-2. The molecule has 3 heteroatoms. The minimum absolute atomic E-state index is 0. The molecule has 156 valence electrons. The Morgan fingerprint density at radius 3 is 1.30 bits per heavy atom. The summed E-state index contributed by atoms with van der Waals surface area (Å²) >= 11 is 0. The average molecular weight is 517 g/mol. The summed E-state index contributed by atoms with van der Waals surface area (Å²) in [5, 5.41) is 5.56. The van der Waals surface area contributed by atoms with Gasteiger partial charge >= 0.3 is 26.2 Å². The Kier molecular flexibility index (Phi) is 9.20. The topological polar surface area (TPSA) is 0 Å². The molecule has 4 aromatic rings. The molecule has 0 aliphatic rings. The first-order valence-corrected chi connectivity index (χ1v) is 10.2. The van der Waals surface area contributed by atoms with Crippen molar-refractivity contribution in [3.63, 3.8) is 0 Å². The van der Waals surface area contributed by atoms with Crippen LogP contribution in [0.15, 0.2) is 60.7 Å². The third kappa shape index (κ3) is 4.36. The minimum atomic E-state index is -0.0305. The van der Waals surface area contributed by atoms with Gasteiger partial charge in [0.05, 0.1) is 0 Å². The van der Waals surface area contributed by atoms with Gasteiger partial charge in [-0.05, 0) is 5.41 Å². The summed E-state index contributed by atoms with van der Waals surface area (Å²) in [4.78, 5) is 0. The fourth-order valence-corrected chi connectivity index (χ4v) is 4.92. The van der Waals surface area contributed by atoms with Crippen LogP contribution in [-0.2, 0) is 31.6 Å². The van der Waals surface area contributed by atoms with E-state index in [1.807, 2.05) is 0 Å². The summed E-state index contributed by atoms with van der Waals surface area (Å²) in [5.74, 6) is 1.01. The zero-order valence-corrected chi connectivity index (χ0v) is 22.7. The second-order valence-corrected chi connectivity index (χ2v) is 9.05. The molecule has 0 spiro atoms. The van der Waals surface area contributed by atoms with Crippen LogP contribution < -0.4 is 24.8 Å². The van der Waals surface area contributed by atoms with Crippen molar-refractivity contribution in [2.45, 2.75) is 58.8 Å². The molecular weight excluding hydrogens is 486 g/mol. The Morgan fingerprint density at radius 2 is 0.967 bits per heavy atom. The fraction of sp³-hybridized carbons (Fsp3) is 0.333. The van der Waals surface area contributed by atoms with E-state index in [4.69, 9.17) is 0 Å². The van der Waals surface area contributed by atoms with Gasteiger partial charge in [-0.2, -0.15) is 0 Å². The van der Waals surface area contributed by atoms with Crippen LogP contribution in [0.5, 0.6) is 0 Å². The third-order valence-electron chi connectivity index (χ3n) is 6.18. The van der Waals surface area contributed by atoms with Crippen molar-refractivity contribution >= 4 is 21.5 Å². The van der Waals surface area contributed by atoms with Crippen LogP contribution in [0.2, 0.25) is 0 Å². The van der Waals surface area contributed by atoms with Gasteiger partial charge in [0.1, 0.15) is 0 Å². The molecule has 4 aromatic carbocycles. The second kappa shape index (κ2) is 10.2. The predicted molar refractivity (Wildman–Crippen MR) is 119 cm³/mol. The van der Waals surface area contributed by atoms with Crippen LogP contribution in [0.4, 0.5) is 0 Å². The van der Waals surface area contributed by atoms with Crippen molar-refractivity contribution < 1.29 is 51.0 Å². The predicted octanol–water partition coefficient (Wildman–Crippen LogP) is 2.01. The number of hydrogen-bond donors (Lipinski definition) is 0. The van der Waals surface area contributed by atoms with E-state index in [0.717, 1.165) is 0 Å². The normalized spacial score (nSPS) is 11.5. The van der Waals surface area contributed by atoms with Crippen molar-refractivity contribution in [2.75, 3.05) is 0 Å². The zero-order valence-electron chi connectivity index (χ0n) is 18.7. The van der Waals surface area contributed by atoms with Crippen molar-refractivity contribution in [3.8, 4) is 0 Å². The maximum absolute atomic E-state index is 2.44. The van der Waals surface area contributed by atoms with Gasteiger partial charge in [-0.15, -0.1) is 92.3 Å². The molecule has 0 aliphatic heterocycles. The van der Waals surface area contributed by atoms with Crippen LogP contribution in [0.25, 0.3) is 21.5 Å². The van der Waals surface area contributed by atoms with Crippen molar-refractivity contribution in [1.29, 1.82) is 0 Å². The summed E-state index contributed by atoms with van der Waals surface area (Å²) in [5.41, 5.74) is 5.95. The van der Waals surface area contributed by atoms with E-state index in [1.165, 1.54) is 43.8 Å². The minimum Gasteiger partial charge on any atom is -1.00 e. The summed E-state index contributed by atoms with van der Waals surface area (Å²) in [7, 11) is 0. The number of fused-ring (bicyclic) bond motifs is 2. The second-order valence-electron chi connectivity index (χ2n) is 9.05. The third-order valence-corrected chi connectivity index (χ3v) is 6.18. The maximum atomic E-state index is 2.44. The van der Waals surface area contributed by atoms with Crippen LogP contribution >= 0.6 is 0 Å². The number of hydrogen-bond acceptors (Lipinski definition) is 0. The van der Waals surface area contributed by atoms with Crippen molar-refractivity contribution in [2.24, 2.45) is 0 Å². The van der Waals surface area contributed by atoms with Gasteiger partial charge in [0.2, 0.25) is 0 Å². The van der Waals surface area contributed by atoms with E-state index in [9.17, 15) is 0 Å². The molecule has 0 aliphatic carbocycles. The first-order valence-electron chi connectivity index (χ1n) is 10.2. The smallest absolute Gasteiger partial charge is 1.00 e. The summed E-state index contributed by atoms with van der Waals surface area (Å²) in [6.45, 7) is 14.1. The molecule has 0 N–H and O–H groups in total. The molecular formula is C27H30Cl2Zr. The van der Waals surface area contributed by atoms with Crippen LogP contribution in [0.3, 0.4) is 0 Å². The van der Waals surface area contributed by atoms with Gasteiger partial charge in [-0.25, -0.2) is 0 Å². The summed E-state index contributed by atoms with van der Waals surface area (Å²) in [6, 6.07) is 22.6. The Labute approximate surface area is 213 Å². The van der Waals surface area contributed by atoms with Gasteiger partial charge in [-0.1, -0.05) is 65.5 Å². The van der Waals surface area contributed by atoms with Crippen molar-refractivity contribution in [1.82, 2.24) is 0 Å². The van der Waals surface area contributed by atoms with Gasteiger partial charge in [-0.3, -0.25) is 0 Å². The first kappa shape index (κ1) is 27.2. The Morgan fingerprint density at radius 1 is 0.633 bits per heavy atom. The zero-order chi connectivity index (χ0) is 19.3. The largest absolute Gasteiger partial charge is 4.00 e. The molecule has 0 radical (unpaired) electrons. The van der Waals surface area contributed by atoms with Crippen LogP contribution in [0, 0.1) is 0 Å². The van der Waals surface area contributed by atoms with Crippen LogP contribution in [0.1, 0.15) is 75.6 Å². The van der Waals surface area contributed by atoms with Gasteiger partial charge in [0.15, 0.2) is 0 Å². The molecule has 0 atom stereocenters. The average Bonchev–Trinajstić information content (AvgIpc) is 3.21. The molecule has 0 bridgehead atoms. The molecule has 0 fully saturated rings. The number of halogens is 2. The molecule has 0 saturated heterocycles.